The van der Waals surface area contributed by atoms with Gasteiger partial charge in [0.15, 0.2) is 0 Å². The number of carbonyl (C=O) groups is 1. The summed E-state index contributed by atoms with van der Waals surface area (Å²) in [5.41, 5.74) is 0. The molecule has 0 N–H and O–H groups in total. The summed E-state index contributed by atoms with van der Waals surface area (Å²) in [4.78, 5) is 25.0. The fraction of sp³-hybridized carbons (Fsp3) is 0.848. The maximum Gasteiger partial charge on any atom is 0.306 e. The Hall–Kier alpha value is -1.28. The van der Waals surface area contributed by atoms with Gasteiger partial charge in [-0.25, -0.2) is 0 Å². The molecule has 0 fully saturated rings. The number of allylic oxidation sites excluding steroid dienone is 6. The van der Waals surface area contributed by atoms with Crippen molar-refractivity contribution >= 4 is 13.8 Å². The van der Waals surface area contributed by atoms with Crippen molar-refractivity contribution in [3.05, 3.63) is 36.5 Å². The van der Waals surface area contributed by atoms with Crippen molar-refractivity contribution in [3.63, 3.8) is 0 Å². The molecule has 0 aliphatic heterocycles. The zero-order valence-corrected chi connectivity index (χ0v) is 37.5. The number of likely N-dealkylation sites (N-methyl/N-ethyl adjacent to an activating group) is 1. The number of unbranched alkanes of at least 4 members (excludes halogenated alkanes) is 22. The molecule has 0 saturated carbocycles. The van der Waals surface area contributed by atoms with Crippen LogP contribution in [0.1, 0.15) is 194 Å². The van der Waals surface area contributed by atoms with E-state index in [-0.39, 0.29) is 32.2 Å². The SMILES string of the molecule is CC/C=C\C/C=C\C/C=C\CCCCCC(=O)OC(COCCCCCCCCCCCCCCCCCCCCCC)COP(=O)([O-])OCC[N+](C)(C)C. The molecule has 8 nitrogen and oxygen atoms in total. The Morgan fingerprint density at radius 2 is 1.05 bits per heavy atom. The maximum atomic E-state index is 12.6. The van der Waals surface area contributed by atoms with Gasteiger partial charge in [-0.15, -0.1) is 0 Å². The van der Waals surface area contributed by atoms with E-state index in [1.165, 1.54) is 116 Å². The van der Waals surface area contributed by atoms with Crippen LogP contribution < -0.4 is 4.89 Å². The van der Waals surface area contributed by atoms with E-state index in [4.69, 9.17) is 18.5 Å². The minimum absolute atomic E-state index is 0.0210. The number of nitrogens with zero attached hydrogens (tertiary/aromatic N) is 1. The van der Waals surface area contributed by atoms with E-state index in [0.717, 1.165) is 57.8 Å². The van der Waals surface area contributed by atoms with Crippen LogP contribution in [-0.4, -0.2) is 70.7 Å². The standard InChI is InChI=1S/C46H88NO7P/c1-6-8-10-12-14-16-18-20-21-22-23-24-25-26-28-30-32-34-36-38-41-51-43-45(44-53-55(49,50)52-42-40-47(3,4)5)54-46(48)39-37-35-33-31-29-27-19-17-15-13-11-9-7-2/h9,11,15,17,27,29,45H,6-8,10,12-14,16,18-26,28,30-44H2,1-5H3/b11-9-,17-15-,29-27-. The Balaban J connectivity index is 4.17. The third kappa shape index (κ3) is 43.7. The average molecular weight is 798 g/mol. The first kappa shape index (κ1) is 53.7. The van der Waals surface area contributed by atoms with Gasteiger partial charge < -0.3 is 27.9 Å². The van der Waals surface area contributed by atoms with Gasteiger partial charge in [0.25, 0.3) is 7.82 Å². The number of phosphoric acid groups is 1. The number of ether oxygens (including phenoxy) is 2. The van der Waals surface area contributed by atoms with Crippen LogP contribution >= 0.6 is 7.82 Å². The average Bonchev–Trinajstić information content (AvgIpc) is 3.13. The highest BCUT2D eigenvalue weighted by Gasteiger charge is 2.20. The van der Waals surface area contributed by atoms with E-state index < -0.39 is 13.9 Å². The number of quaternary nitrogens is 1. The highest BCUT2D eigenvalue weighted by Crippen LogP contribution is 2.38. The number of esters is 1. The van der Waals surface area contributed by atoms with Gasteiger partial charge in [-0.05, 0) is 44.9 Å². The normalized spacial score (nSPS) is 14.1. The van der Waals surface area contributed by atoms with E-state index in [9.17, 15) is 14.3 Å². The lowest BCUT2D eigenvalue weighted by molar-refractivity contribution is -0.870. The molecule has 55 heavy (non-hydrogen) atoms. The second kappa shape index (κ2) is 39.5. The summed E-state index contributed by atoms with van der Waals surface area (Å²) in [5, 5.41) is 0. The van der Waals surface area contributed by atoms with E-state index >= 15 is 0 Å². The van der Waals surface area contributed by atoms with Gasteiger partial charge in [0.2, 0.25) is 0 Å². The number of rotatable bonds is 42. The monoisotopic (exact) mass is 798 g/mol. The zero-order chi connectivity index (χ0) is 40.6. The van der Waals surface area contributed by atoms with E-state index in [0.29, 0.717) is 17.6 Å². The lowest BCUT2D eigenvalue weighted by Gasteiger charge is -2.28. The molecule has 324 valence electrons. The van der Waals surface area contributed by atoms with Crippen LogP contribution in [0.25, 0.3) is 0 Å². The molecular weight excluding hydrogens is 709 g/mol. The molecule has 0 aromatic carbocycles. The van der Waals surface area contributed by atoms with Crippen molar-refractivity contribution in [2.75, 3.05) is 54.1 Å². The van der Waals surface area contributed by atoms with Crippen LogP contribution in [-0.2, 0) is 27.9 Å². The van der Waals surface area contributed by atoms with Crippen molar-refractivity contribution in [2.24, 2.45) is 0 Å². The molecular formula is C46H88NO7P. The molecule has 9 heteroatoms. The minimum Gasteiger partial charge on any atom is -0.756 e. The lowest BCUT2D eigenvalue weighted by Crippen LogP contribution is -2.37. The predicted octanol–water partition coefficient (Wildman–Crippen LogP) is 12.8. The Bertz CT molecular complexity index is 978. The second-order valence-electron chi connectivity index (χ2n) is 16.4. The van der Waals surface area contributed by atoms with Gasteiger partial charge in [-0.3, -0.25) is 9.36 Å². The molecule has 0 bridgehead atoms. The molecule has 0 aromatic heterocycles. The third-order valence-corrected chi connectivity index (χ3v) is 10.7. The van der Waals surface area contributed by atoms with Crippen LogP contribution in [0.5, 0.6) is 0 Å². The molecule has 0 aliphatic carbocycles. The quantitative estimate of drug-likeness (QED) is 0.0200. The van der Waals surface area contributed by atoms with E-state index in [1.807, 2.05) is 21.1 Å². The number of phosphoric ester groups is 1. The maximum absolute atomic E-state index is 12.6. The summed E-state index contributed by atoms with van der Waals surface area (Å²) in [6, 6.07) is 0. The largest absolute Gasteiger partial charge is 0.756 e. The van der Waals surface area contributed by atoms with Crippen molar-refractivity contribution in [1.82, 2.24) is 0 Å². The van der Waals surface area contributed by atoms with Crippen LogP contribution in [0.2, 0.25) is 0 Å². The van der Waals surface area contributed by atoms with Crippen LogP contribution in [0, 0.1) is 0 Å². The Morgan fingerprint density at radius 1 is 0.582 bits per heavy atom. The van der Waals surface area contributed by atoms with Gasteiger partial charge >= 0.3 is 5.97 Å². The van der Waals surface area contributed by atoms with Gasteiger partial charge in [-0.1, -0.05) is 179 Å². The molecule has 0 aliphatic rings. The molecule has 0 amide bonds. The fourth-order valence-electron chi connectivity index (χ4n) is 6.21. The zero-order valence-electron chi connectivity index (χ0n) is 36.6. The van der Waals surface area contributed by atoms with Crippen molar-refractivity contribution in [3.8, 4) is 0 Å². The van der Waals surface area contributed by atoms with Gasteiger partial charge in [-0.2, -0.15) is 0 Å². The number of carbonyl (C=O) groups excluding carboxylic acids is 1. The Morgan fingerprint density at radius 3 is 1.56 bits per heavy atom. The number of hydrogen-bond donors (Lipinski definition) is 0. The second-order valence-corrected chi connectivity index (χ2v) is 17.8. The van der Waals surface area contributed by atoms with Crippen LogP contribution in [0.15, 0.2) is 36.5 Å². The molecule has 0 heterocycles. The molecule has 0 rings (SSSR count). The summed E-state index contributed by atoms with van der Waals surface area (Å²) >= 11 is 0. The third-order valence-electron chi connectivity index (χ3n) is 9.71. The summed E-state index contributed by atoms with van der Waals surface area (Å²) in [5.74, 6) is -0.361. The smallest absolute Gasteiger partial charge is 0.306 e. The lowest BCUT2D eigenvalue weighted by atomic mass is 10.0. The van der Waals surface area contributed by atoms with Crippen molar-refractivity contribution < 1.29 is 37.3 Å². The summed E-state index contributed by atoms with van der Waals surface area (Å²) in [6.45, 7) is 5.28. The first-order valence-electron chi connectivity index (χ1n) is 22.7. The predicted molar refractivity (Wildman–Crippen MR) is 231 cm³/mol. The van der Waals surface area contributed by atoms with Gasteiger partial charge in [0, 0.05) is 13.0 Å². The summed E-state index contributed by atoms with van der Waals surface area (Å²) < 4.78 is 34.6. The van der Waals surface area contributed by atoms with Crippen molar-refractivity contribution in [2.45, 2.75) is 200 Å². The van der Waals surface area contributed by atoms with Gasteiger partial charge in [0.05, 0.1) is 34.4 Å². The first-order chi connectivity index (χ1) is 26.6. The highest BCUT2D eigenvalue weighted by molar-refractivity contribution is 7.45. The highest BCUT2D eigenvalue weighted by atomic mass is 31.2. The summed E-state index contributed by atoms with van der Waals surface area (Å²) in [7, 11) is 1.34. The van der Waals surface area contributed by atoms with Gasteiger partial charge in [0.1, 0.15) is 19.3 Å². The molecule has 0 radical (unpaired) electrons. The number of hydrogen-bond acceptors (Lipinski definition) is 7. The molecule has 2 unspecified atom stereocenters. The Labute approximate surface area is 340 Å². The van der Waals surface area contributed by atoms with E-state index in [2.05, 4.69) is 50.3 Å². The Kier molecular flexibility index (Phi) is 38.6. The first-order valence-corrected chi connectivity index (χ1v) is 24.2. The molecule has 2 atom stereocenters. The minimum atomic E-state index is -4.53. The molecule has 0 saturated heterocycles. The van der Waals surface area contributed by atoms with Crippen molar-refractivity contribution in [1.29, 1.82) is 0 Å². The van der Waals surface area contributed by atoms with Crippen LogP contribution in [0.4, 0.5) is 0 Å². The fourth-order valence-corrected chi connectivity index (χ4v) is 6.94. The van der Waals surface area contributed by atoms with Crippen LogP contribution in [0.3, 0.4) is 0 Å². The summed E-state index contributed by atoms with van der Waals surface area (Å²) in [6.07, 6.45) is 46.0. The topological polar surface area (TPSA) is 94.1 Å². The molecule has 0 spiro atoms. The van der Waals surface area contributed by atoms with E-state index in [1.54, 1.807) is 0 Å². The molecule has 0 aromatic rings.